The summed E-state index contributed by atoms with van der Waals surface area (Å²) in [5.41, 5.74) is -0.255. The first-order valence-corrected chi connectivity index (χ1v) is 6.09. The minimum absolute atomic E-state index is 0.0112. The average Bonchev–Trinajstić information content (AvgIpc) is 1.96. The van der Waals surface area contributed by atoms with E-state index in [1.807, 2.05) is 20.8 Å². The van der Waals surface area contributed by atoms with E-state index in [-0.39, 0.29) is 23.2 Å². The van der Waals surface area contributed by atoms with Gasteiger partial charge in [0, 0.05) is 6.42 Å². The molecule has 96 valence electrons. The molecule has 0 saturated carbocycles. The Kier molecular flexibility index (Phi) is 4.04. The van der Waals surface area contributed by atoms with Gasteiger partial charge in [-0.1, -0.05) is 20.8 Å². The van der Waals surface area contributed by atoms with Crippen LogP contribution in [0.5, 0.6) is 0 Å². The van der Waals surface area contributed by atoms with Crippen molar-refractivity contribution in [2.75, 3.05) is 0 Å². The Hall–Kier alpha value is -0.120. The molecule has 3 unspecified atom stereocenters. The average molecular weight is 230 g/mol. The Balaban J connectivity index is 2.52. The molecule has 0 N–H and O–H groups in total. The highest BCUT2D eigenvalue weighted by Crippen LogP contribution is 2.35. The minimum atomic E-state index is -0.279. The molecule has 1 fully saturated rings. The van der Waals surface area contributed by atoms with Crippen LogP contribution in [0.3, 0.4) is 0 Å². The van der Waals surface area contributed by atoms with Crippen LogP contribution < -0.4 is 0 Å². The molecule has 0 radical (unpaired) electrons. The van der Waals surface area contributed by atoms with Gasteiger partial charge in [0.25, 0.3) is 0 Å². The van der Waals surface area contributed by atoms with Crippen molar-refractivity contribution in [3.63, 3.8) is 0 Å². The first-order valence-electron chi connectivity index (χ1n) is 6.09. The van der Waals surface area contributed by atoms with E-state index in [9.17, 15) is 0 Å². The van der Waals surface area contributed by atoms with Gasteiger partial charge in [-0.15, -0.1) is 0 Å². The molecular formula is C13H26O3. The lowest BCUT2D eigenvalue weighted by Gasteiger charge is -2.44. The van der Waals surface area contributed by atoms with Gasteiger partial charge in [-0.3, -0.25) is 0 Å². The van der Waals surface area contributed by atoms with Gasteiger partial charge in [0.05, 0.1) is 17.8 Å². The Morgan fingerprint density at radius 3 is 1.94 bits per heavy atom. The second kappa shape index (κ2) is 4.63. The Bertz CT molecular complexity index is 218. The molecule has 1 aliphatic rings. The van der Waals surface area contributed by atoms with E-state index in [1.54, 1.807) is 0 Å². The zero-order valence-electron chi connectivity index (χ0n) is 11.7. The van der Waals surface area contributed by atoms with E-state index in [1.165, 1.54) is 0 Å². The third kappa shape index (κ3) is 4.04. The lowest BCUT2D eigenvalue weighted by Crippen LogP contribution is -2.51. The van der Waals surface area contributed by atoms with E-state index in [0.717, 1.165) is 6.42 Å². The van der Waals surface area contributed by atoms with Crippen LogP contribution in [0.25, 0.3) is 0 Å². The second-order valence-corrected chi connectivity index (χ2v) is 6.80. The van der Waals surface area contributed by atoms with Gasteiger partial charge < -0.3 is 4.74 Å². The van der Waals surface area contributed by atoms with E-state index in [2.05, 4.69) is 27.7 Å². The highest BCUT2D eigenvalue weighted by Gasteiger charge is 2.42. The van der Waals surface area contributed by atoms with Gasteiger partial charge in [0.15, 0.2) is 0 Å². The lowest BCUT2D eigenvalue weighted by atomic mass is 9.82. The monoisotopic (exact) mass is 230 g/mol. The van der Waals surface area contributed by atoms with Crippen molar-refractivity contribution in [1.29, 1.82) is 0 Å². The standard InChI is InChI=1S/C13H26O3/c1-9-8-10(14-9)11(12(2,3)4)15-16-13(5,6)7/h9-11H,8H2,1-7H3. The topological polar surface area (TPSA) is 27.7 Å². The summed E-state index contributed by atoms with van der Waals surface area (Å²) in [6.45, 7) is 14.5. The summed E-state index contributed by atoms with van der Waals surface area (Å²) < 4.78 is 5.69. The summed E-state index contributed by atoms with van der Waals surface area (Å²) in [6.07, 6.45) is 1.56. The molecular weight excluding hydrogens is 204 g/mol. The van der Waals surface area contributed by atoms with E-state index in [4.69, 9.17) is 14.5 Å². The zero-order chi connectivity index (χ0) is 12.6. The van der Waals surface area contributed by atoms with Crippen molar-refractivity contribution in [2.45, 2.75) is 78.8 Å². The van der Waals surface area contributed by atoms with Gasteiger partial charge in [0.1, 0.15) is 6.10 Å². The maximum absolute atomic E-state index is 5.69. The molecule has 1 heterocycles. The molecule has 0 aromatic rings. The fraction of sp³-hybridized carbons (Fsp3) is 1.00. The summed E-state index contributed by atoms with van der Waals surface area (Å²) in [5.74, 6) is 0. The highest BCUT2D eigenvalue weighted by molar-refractivity contribution is 4.88. The fourth-order valence-electron chi connectivity index (χ4n) is 1.77. The van der Waals surface area contributed by atoms with Gasteiger partial charge in [0.2, 0.25) is 0 Å². The number of hydrogen-bond acceptors (Lipinski definition) is 3. The molecule has 16 heavy (non-hydrogen) atoms. The normalized spacial score (nSPS) is 28.7. The Morgan fingerprint density at radius 2 is 1.62 bits per heavy atom. The van der Waals surface area contributed by atoms with Gasteiger partial charge in [-0.25, -0.2) is 9.78 Å². The van der Waals surface area contributed by atoms with Gasteiger partial charge >= 0.3 is 0 Å². The van der Waals surface area contributed by atoms with Crippen LogP contribution >= 0.6 is 0 Å². The maximum Gasteiger partial charge on any atom is 0.124 e. The van der Waals surface area contributed by atoms with Crippen LogP contribution in [0.1, 0.15) is 54.9 Å². The summed E-state index contributed by atoms with van der Waals surface area (Å²) in [7, 11) is 0. The van der Waals surface area contributed by atoms with Crippen LogP contribution in [-0.4, -0.2) is 23.9 Å². The Morgan fingerprint density at radius 1 is 1.12 bits per heavy atom. The third-order valence-corrected chi connectivity index (χ3v) is 2.56. The van der Waals surface area contributed by atoms with Crippen molar-refractivity contribution in [3.8, 4) is 0 Å². The molecule has 0 spiro atoms. The number of hydrogen-bond donors (Lipinski definition) is 0. The molecule has 1 rings (SSSR count). The predicted octanol–water partition coefficient (Wildman–Crippen LogP) is 3.33. The molecule has 3 atom stereocenters. The highest BCUT2D eigenvalue weighted by atomic mass is 17.2. The van der Waals surface area contributed by atoms with Gasteiger partial charge in [-0.05, 0) is 33.1 Å². The van der Waals surface area contributed by atoms with Crippen LogP contribution in [-0.2, 0) is 14.5 Å². The lowest BCUT2D eigenvalue weighted by molar-refractivity contribution is -0.408. The van der Waals surface area contributed by atoms with Crippen molar-refractivity contribution in [1.82, 2.24) is 0 Å². The molecule has 0 aliphatic carbocycles. The fourth-order valence-corrected chi connectivity index (χ4v) is 1.77. The van der Waals surface area contributed by atoms with Crippen LogP contribution in [0.15, 0.2) is 0 Å². The van der Waals surface area contributed by atoms with E-state index < -0.39 is 0 Å². The van der Waals surface area contributed by atoms with Crippen molar-refractivity contribution >= 4 is 0 Å². The molecule has 1 saturated heterocycles. The molecule has 0 bridgehead atoms. The van der Waals surface area contributed by atoms with Gasteiger partial charge in [-0.2, -0.15) is 0 Å². The smallest absolute Gasteiger partial charge is 0.124 e. The van der Waals surface area contributed by atoms with Crippen molar-refractivity contribution < 1.29 is 14.5 Å². The van der Waals surface area contributed by atoms with Crippen LogP contribution in [0, 0.1) is 5.41 Å². The number of ether oxygens (including phenoxy) is 1. The molecule has 0 aromatic heterocycles. The molecule has 3 nitrogen and oxygen atoms in total. The predicted molar refractivity (Wildman–Crippen MR) is 64.1 cm³/mol. The zero-order valence-corrected chi connectivity index (χ0v) is 11.7. The van der Waals surface area contributed by atoms with Crippen LogP contribution in [0.2, 0.25) is 0 Å². The second-order valence-electron chi connectivity index (χ2n) is 6.80. The van der Waals surface area contributed by atoms with E-state index >= 15 is 0 Å². The quantitative estimate of drug-likeness (QED) is 0.550. The van der Waals surface area contributed by atoms with Crippen LogP contribution in [0.4, 0.5) is 0 Å². The summed E-state index contributed by atoms with van der Waals surface area (Å²) in [5, 5.41) is 0. The van der Waals surface area contributed by atoms with Crippen molar-refractivity contribution in [2.24, 2.45) is 5.41 Å². The summed E-state index contributed by atoms with van der Waals surface area (Å²) >= 11 is 0. The third-order valence-electron chi connectivity index (χ3n) is 2.56. The maximum atomic E-state index is 5.69. The number of rotatable bonds is 3. The molecule has 1 aliphatic heterocycles. The summed E-state index contributed by atoms with van der Waals surface area (Å²) in [6, 6.07) is 0. The molecule has 0 amide bonds. The first-order chi connectivity index (χ1) is 7.09. The largest absolute Gasteiger partial charge is 0.372 e. The summed E-state index contributed by atoms with van der Waals surface area (Å²) in [4.78, 5) is 11.0. The molecule has 3 heteroatoms. The first kappa shape index (κ1) is 13.9. The molecule has 0 aromatic carbocycles. The van der Waals surface area contributed by atoms with Crippen molar-refractivity contribution in [3.05, 3.63) is 0 Å². The Labute approximate surface area is 99.4 Å². The minimum Gasteiger partial charge on any atom is -0.372 e. The van der Waals surface area contributed by atoms with E-state index in [0.29, 0.717) is 6.10 Å². The SMILES string of the molecule is CC1CC(C(OOC(C)(C)C)C(C)(C)C)O1.